The Kier molecular flexibility index (Phi) is 2.55. The number of rotatable bonds is 1. The molecule has 3 rings (SSSR count). The van der Waals surface area contributed by atoms with Crippen LogP contribution in [-0.4, -0.2) is 33.9 Å². The van der Waals surface area contributed by atoms with Crippen molar-refractivity contribution in [2.75, 3.05) is 13.1 Å². The van der Waals surface area contributed by atoms with Gasteiger partial charge in [-0.1, -0.05) is 6.07 Å². The van der Waals surface area contributed by atoms with Crippen LogP contribution in [0, 0.1) is 0 Å². The first-order valence-electron chi connectivity index (χ1n) is 6.07. The van der Waals surface area contributed by atoms with E-state index in [2.05, 4.69) is 9.97 Å². The lowest BCUT2D eigenvalue weighted by atomic mass is 10.1. The van der Waals surface area contributed by atoms with Gasteiger partial charge in [-0.3, -0.25) is 4.79 Å². The molecule has 1 aromatic heterocycles. The van der Waals surface area contributed by atoms with E-state index < -0.39 is 0 Å². The van der Waals surface area contributed by atoms with Crippen molar-refractivity contribution < 1.29 is 4.79 Å². The number of hydrogen-bond donors (Lipinski definition) is 1. The van der Waals surface area contributed by atoms with Crippen LogP contribution in [0.2, 0.25) is 0 Å². The van der Waals surface area contributed by atoms with Crippen LogP contribution in [0.1, 0.15) is 29.6 Å². The molecule has 0 radical (unpaired) electrons. The van der Waals surface area contributed by atoms with Gasteiger partial charge in [0, 0.05) is 13.1 Å². The largest absolute Gasteiger partial charge is 0.345 e. The molecule has 1 N–H and O–H groups in total. The quantitative estimate of drug-likeness (QED) is 0.814. The van der Waals surface area contributed by atoms with Crippen molar-refractivity contribution in [1.82, 2.24) is 14.9 Å². The molecule has 0 unspecified atom stereocenters. The van der Waals surface area contributed by atoms with Crippen molar-refractivity contribution in [3.05, 3.63) is 30.1 Å². The second kappa shape index (κ2) is 4.20. The van der Waals surface area contributed by atoms with Crippen LogP contribution >= 0.6 is 0 Å². The third-order valence-corrected chi connectivity index (χ3v) is 3.32. The molecule has 1 aromatic carbocycles. The minimum absolute atomic E-state index is 0.113. The average molecular weight is 229 g/mol. The molecule has 4 nitrogen and oxygen atoms in total. The Morgan fingerprint density at radius 2 is 2.06 bits per heavy atom. The molecule has 17 heavy (non-hydrogen) atoms. The van der Waals surface area contributed by atoms with Crippen LogP contribution in [0.15, 0.2) is 24.5 Å². The summed E-state index contributed by atoms with van der Waals surface area (Å²) in [6.45, 7) is 1.75. The number of aromatic nitrogens is 2. The molecule has 0 saturated carbocycles. The number of aromatic amines is 1. The Morgan fingerprint density at radius 3 is 2.88 bits per heavy atom. The lowest BCUT2D eigenvalue weighted by Gasteiger charge is -2.26. The number of imidazole rings is 1. The Labute approximate surface area is 99.6 Å². The fraction of sp³-hybridized carbons (Fsp3) is 0.385. The summed E-state index contributed by atoms with van der Waals surface area (Å²) in [5.41, 5.74) is 2.42. The SMILES string of the molecule is O=C(c1cccc2[nH]cnc12)N1CCCCC1. The molecule has 0 bridgehead atoms. The summed E-state index contributed by atoms with van der Waals surface area (Å²) in [5.74, 6) is 0.113. The van der Waals surface area contributed by atoms with E-state index in [0.29, 0.717) is 5.56 Å². The standard InChI is InChI=1S/C13H15N3O/c17-13(16-7-2-1-3-8-16)10-5-4-6-11-12(10)15-9-14-11/h4-6,9H,1-3,7-8H2,(H,14,15). The van der Waals surface area contributed by atoms with Crippen LogP contribution in [-0.2, 0) is 0 Å². The number of piperidine rings is 1. The highest BCUT2D eigenvalue weighted by molar-refractivity contribution is 6.04. The van der Waals surface area contributed by atoms with E-state index >= 15 is 0 Å². The van der Waals surface area contributed by atoms with Gasteiger partial charge in [0.05, 0.1) is 17.4 Å². The molecule has 1 amide bonds. The highest BCUT2D eigenvalue weighted by Crippen LogP contribution is 2.19. The summed E-state index contributed by atoms with van der Waals surface area (Å²) in [6.07, 6.45) is 5.10. The zero-order chi connectivity index (χ0) is 11.7. The first-order valence-corrected chi connectivity index (χ1v) is 6.07. The topological polar surface area (TPSA) is 49.0 Å². The first-order chi connectivity index (χ1) is 8.36. The number of hydrogen-bond acceptors (Lipinski definition) is 2. The van der Waals surface area contributed by atoms with Crippen LogP contribution < -0.4 is 0 Å². The smallest absolute Gasteiger partial charge is 0.256 e. The van der Waals surface area contributed by atoms with E-state index in [-0.39, 0.29) is 5.91 Å². The number of fused-ring (bicyclic) bond motifs is 1. The molecular formula is C13H15N3O. The monoisotopic (exact) mass is 229 g/mol. The maximum atomic E-state index is 12.4. The van der Waals surface area contributed by atoms with Crippen LogP contribution in [0.5, 0.6) is 0 Å². The van der Waals surface area contributed by atoms with E-state index in [9.17, 15) is 4.79 Å². The molecular weight excluding hydrogens is 214 g/mol. The number of para-hydroxylation sites is 1. The summed E-state index contributed by atoms with van der Waals surface area (Å²) in [6, 6.07) is 5.70. The molecule has 2 heterocycles. The third-order valence-electron chi connectivity index (χ3n) is 3.32. The molecule has 0 atom stereocenters. The lowest BCUT2D eigenvalue weighted by molar-refractivity contribution is 0.0726. The van der Waals surface area contributed by atoms with Gasteiger partial charge in [-0.15, -0.1) is 0 Å². The van der Waals surface area contributed by atoms with Gasteiger partial charge in [-0.05, 0) is 31.4 Å². The number of likely N-dealkylation sites (tertiary alicyclic amines) is 1. The van der Waals surface area contributed by atoms with E-state index in [4.69, 9.17) is 0 Å². The Bertz CT molecular complexity index is 540. The molecule has 1 saturated heterocycles. The Balaban J connectivity index is 1.97. The minimum Gasteiger partial charge on any atom is -0.345 e. The van der Waals surface area contributed by atoms with Crippen molar-refractivity contribution in [2.24, 2.45) is 0 Å². The summed E-state index contributed by atoms with van der Waals surface area (Å²) in [7, 11) is 0. The Morgan fingerprint density at radius 1 is 1.24 bits per heavy atom. The number of nitrogens with zero attached hydrogens (tertiary/aromatic N) is 2. The maximum absolute atomic E-state index is 12.4. The second-order valence-corrected chi connectivity index (χ2v) is 4.46. The molecule has 88 valence electrons. The normalized spacial score (nSPS) is 16.4. The molecule has 0 spiro atoms. The molecule has 0 aliphatic carbocycles. The summed E-state index contributed by atoms with van der Waals surface area (Å²) in [4.78, 5) is 21.6. The van der Waals surface area contributed by atoms with Gasteiger partial charge in [0.15, 0.2) is 0 Å². The number of nitrogens with one attached hydrogen (secondary N) is 1. The van der Waals surface area contributed by atoms with Crippen LogP contribution in [0.4, 0.5) is 0 Å². The highest BCUT2D eigenvalue weighted by atomic mass is 16.2. The first kappa shape index (κ1) is 10.3. The number of carbonyl (C=O) groups excluding carboxylic acids is 1. The van der Waals surface area contributed by atoms with Gasteiger partial charge in [-0.25, -0.2) is 4.98 Å². The molecule has 1 aliphatic heterocycles. The Hall–Kier alpha value is -1.84. The van der Waals surface area contributed by atoms with E-state index in [1.54, 1.807) is 6.33 Å². The summed E-state index contributed by atoms with van der Waals surface area (Å²) >= 11 is 0. The second-order valence-electron chi connectivity index (χ2n) is 4.46. The van der Waals surface area contributed by atoms with Crippen molar-refractivity contribution in [1.29, 1.82) is 0 Å². The van der Waals surface area contributed by atoms with E-state index in [1.807, 2.05) is 23.1 Å². The molecule has 1 fully saturated rings. The van der Waals surface area contributed by atoms with Gasteiger partial charge in [0.25, 0.3) is 5.91 Å². The van der Waals surface area contributed by atoms with Gasteiger partial charge in [0.2, 0.25) is 0 Å². The lowest BCUT2D eigenvalue weighted by Crippen LogP contribution is -2.35. The van der Waals surface area contributed by atoms with Gasteiger partial charge >= 0.3 is 0 Å². The van der Waals surface area contributed by atoms with Gasteiger partial charge in [-0.2, -0.15) is 0 Å². The van der Waals surface area contributed by atoms with Crippen molar-refractivity contribution in [3.8, 4) is 0 Å². The maximum Gasteiger partial charge on any atom is 0.256 e. The zero-order valence-electron chi connectivity index (χ0n) is 9.65. The minimum atomic E-state index is 0.113. The van der Waals surface area contributed by atoms with Crippen molar-refractivity contribution in [3.63, 3.8) is 0 Å². The summed E-state index contributed by atoms with van der Waals surface area (Å²) < 4.78 is 0. The van der Waals surface area contributed by atoms with E-state index in [0.717, 1.165) is 37.0 Å². The number of benzene rings is 1. The number of amides is 1. The fourth-order valence-electron chi connectivity index (χ4n) is 2.41. The predicted octanol–water partition coefficient (Wildman–Crippen LogP) is 2.19. The summed E-state index contributed by atoms with van der Waals surface area (Å²) in [5, 5.41) is 0. The molecule has 4 heteroatoms. The third kappa shape index (κ3) is 1.79. The van der Waals surface area contributed by atoms with Crippen LogP contribution in [0.3, 0.4) is 0 Å². The van der Waals surface area contributed by atoms with Crippen LogP contribution in [0.25, 0.3) is 11.0 Å². The van der Waals surface area contributed by atoms with Gasteiger partial charge in [0.1, 0.15) is 5.52 Å². The number of H-pyrrole nitrogens is 1. The fourth-order valence-corrected chi connectivity index (χ4v) is 2.41. The number of carbonyl (C=O) groups is 1. The van der Waals surface area contributed by atoms with Gasteiger partial charge < -0.3 is 9.88 Å². The molecule has 1 aliphatic rings. The highest BCUT2D eigenvalue weighted by Gasteiger charge is 2.20. The predicted molar refractivity (Wildman–Crippen MR) is 65.8 cm³/mol. The average Bonchev–Trinajstić information content (AvgIpc) is 2.87. The van der Waals surface area contributed by atoms with Crippen molar-refractivity contribution >= 4 is 16.9 Å². The molecule has 2 aromatic rings. The van der Waals surface area contributed by atoms with Crippen molar-refractivity contribution in [2.45, 2.75) is 19.3 Å². The van der Waals surface area contributed by atoms with E-state index in [1.165, 1.54) is 6.42 Å². The zero-order valence-corrected chi connectivity index (χ0v) is 9.65.